The molecule has 0 bridgehead atoms. The second-order valence-electron chi connectivity index (χ2n) is 4.69. The molecular formula is C16H10ClF2NO2. The molecule has 2 aromatic carbocycles. The summed E-state index contributed by atoms with van der Waals surface area (Å²) < 4.78 is 32.6. The van der Waals surface area contributed by atoms with Gasteiger partial charge in [-0.05, 0) is 24.3 Å². The summed E-state index contributed by atoms with van der Waals surface area (Å²) in [5, 5.41) is 0.600. The van der Waals surface area contributed by atoms with E-state index in [0.29, 0.717) is 28.3 Å². The maximum absolute atomic E-state index is 13.9. The third-order valence-electron chi connectivity index (χ3n) is 3.41. The minimum atomic E-state index is -0.773. The Balaban J connectivity index is 2.39. The SMILES string of the molecule is COc1ccc(Cl)cc1-c1[nH]c2c(F)cc(F)cc2c1C=O. The Labute approximate surface area is 129 Å². The maximum Gasteiger partial charge on any atom is 0.152 e. The van der Waals surface area contributed by atoms with Gasteiger partial charge in [-0.1, -0.05) is 11.6 Å². The molecular weight excluding hydrogens is 312 g/mol. The van der Waals surface area contributed by atoms with E-state index < -0.39 is 11.6 Å². The Morgan fingerprint density at radius 1 is 1.23 bits per heavy atom. The summed E-state index contributed by atoms with van der Waals surface area (Å²) in [6.07, 6.45) is 0.549. The van der Waals surface area contributed by atoms with Crippen LogP contribution >= 0.6 is 11.6 Å². The highest BCUT2D eigenvalue weighted by atomic mass is 35.5. The number of H-pyrrole nitrogens is 1. The van der Waals surface area contributed by atoms with E-state index >= 15 is 0 Å². The van der Waals surface area contributed by atoms with Gasteiger partial charge in [0.05, 0.1) is 18.3 Å². The van der Waals surface area contributed by atoms with Crippen LogP contribution in [0.25, 0.3) is 22.2 Å². The molecule has 0 radical (unpaired) electrons. The Morgan fingerprint density at radius 2 is 2.00 bits per heavy atom. The number of aldehydes is 1. The van der Waals surface area contributed by atoms with Gasteiger partial charge in [0.25, 0.3) is 0 Å². The van der Waals surface area contributed by atoms with Crippen molar-refractivity contribution in [3.05, 3.63) is 52.6 Å². The first kappa shape index (κ1) is 14.5. The standard InChI is InChI=1S/C16H10ClF2NO2/c1-22-14-3-2-8(17)4-11(14)15-12(7-21)10-5-9(18)6-13(19)16(10)20-15/h2-7,20H,1H3. The predicted octanol–water partition coefficient (Wildman–Crippen LogP) is 4.59. The van der Waals surface area contributed by atoms with Crippen molar-refractivity contribution in [3.8, 4) is 17.0 Å². The molecule has 0 spiro atoms. The number of carbonyl (C=O) groups is 1. The summed E-state index contributed by atoms with van der Waals surface area (Å²) >= 11 is 5.98. The number of benzene rings is 2. The lowest BCUT2D eigenvalue weighted by Crippen LogP contribution is -1.91. The molecule has 3 rings (SSSR count). The number of aromatic nitrogens is 1. The van der Waals surface area contributed by atoms with Crippen molar-refractivity contribution in [3.63, 3.8) is 0 Å². The fourth-order valence-corrected chi connectivity index (χ4v) is 2.62. The number of methoxy groups -OCH3 is 1. The average Bonchev–Trinajstić information content (AvgIpc) is 2.85. The van der Waals surface area contributed by atoms with Gasteiger partial charge in [0.15, 0.2) is 6.29 Å². The summed E-state index contributed by atoms with van der Waals surface area (Å²) in [6.45, 7) is 0. The van der Waals surface area contributed by atoms with Crippen LogP contribution in [0.2, 0.25) is 5.02 Å². The molecule has 0 amide bonds. The first-order valence-corrected chi connectivity index (χ1v) is 6.72. The first-order valence-electron chi connectivity index (χ1n) is 6.35. The summed E-state index contributed by atoms with van der Waals surface area (Å²) in [5.74, 6) is -1.07. The molecule has 0 saturated heterocycles. The van der Waals surface area contributed by atoms with Gasteiger partial charge < -0.3 is 9.72 Å². The van der Waals surface area contributed by atoms with Crippen molar-refractivity contribution < 1.29 is 18.3 Å². The van der Waals surface area contributed by atoms with Gasteiger partial charge in [0, 0.05) is 27.6 Å². The van der Waals surface area contributed by atoms with Crippen LogP contribution in [-0.2, 0) is 0 Å². The predicted molar refractivity (Wildman–Crippen MR) is 80.6 cm³/mol. The molecule has 0 atom stereocenters. The van der Waals surface area contributed by atoms with E-state index in [9.17, 15) is 13.6 Å². The summed E-state index contributed by atoms with van der Waals surface area (Å²) in [4.78, 5) is 14.3. The van der Waals surface area contributed by atoms with Crippen molar-refractivity contribution in [1.82, 2.24) is 4.98 Å². The quantitative estimate of drug-likeness (QED) is 0.717. The topological polar surface area (TPSA) is 42.1 Å². The minimum Gasteiger partial charge on any atom is -0.496 e. The van der Waals surface area contributed by atoms with E-state index in [1.807, 2.05) is 0 Å². The van der Waals surface area contributed by atoms with Crippen LogP contribution in [0, 0.1) is 11.6 Å². The minimum absolute atomic E-state index is 0.0560. The number of rotatable bonds is 3. The molecule has 6 heteroatoms. The van der Waals surface area contributed by atoms with Gasteiger partial charge in [0.1, 0.15) is 17.4 Å². The Morgan fingerprint density at radius 3 is 2.68 bits per heavy atom. The molecule has 3 nitrogen and oxygen atoms in total. The molecule has 3 aromatic rings. The zero-order valence-corrected chi connectivity index (χ0v) is 12.2. The van der Waals surface area contributed by atoms with Gasteiger partial charge >= 0.3 is 0 Å². The number of hydrogen-bond acceptors (Lipinski definition) is 2. The van der Waals surface area contributed by atoms with Crippen LogP contribution in [0.4, 0.5) is 8.78 Å². The highest BCUT2D eigenvalue weighted by Gasteiger charge is 2.19. The van der Waals surface area contributed by atoms with E-state index in [1.165, 1.54) is 7.11 Å². The van der Waals surface area contributed by atoms with E-state index in [-0.39, 0.29) is 16.5 Å². The second kappa shape index (κ2) is 5.42. The first-order chi connectivity index (χ1) is 10.5. The van der Waals surface area contributed by atoms with Crippen molar-refractivity contribution >= 4 is 28.8 Å². The fraction of sp³-hybridized carbons (Fsp3) is 0.0625. The Bertz CT molecular complexity index is 889. The number of carbonyl (C=O) groups excluding carboxylic acids is 1. The maximum atomic E-state index is 13.9. The van der Waals surface area contributed by atoms with E-state index in [0.717, 1.165) is 12.1 Å². The number of halogens is 3. The number of fused-ring (bicyclic) bond motifs is 1. The lowest BCUT2D eigenvalue weighted by molar-refractivity contribution is 0.112. The van der Waals surface area contributed by atoms with Gasteiger partial charge in [-0.2, -0.15) is 0 Å². The van der Waals surface area contributed by atoms with E-state index in [4.69, 9.17) is 16.3 Å². The van der Waals surface area contributed by atoms with Crippen LogP contribution in [0.3, 0.4) is 0 Å². The molecule has 112 valence electrons. The Kier molecular flexibility index (Phi) is 3.58. The molecule has 1 N–H and O–H groups in total. The monoisotopic (exact) mass is 321 g/mol. The van der Waals surface area contributed by atoms with Crippen molar-refractivity contribution in [1.29, 1.82) is 0 Å². The lowest BCUT2D eigenvalue weighted by atomic mass is 10.1. The molecule has 0 fully saturated rings. The van der Waals surface area contributed by atoms with Crippen LogP contribution in [0.15, 0.2) is 30.3 Å². The van der Waals surface area contributed by atoms with Crippen LogP contribution in [0.1, 0.15) is 10.4 Å². The van der Waals surface area contributed by atoms with Gasteiger partial charge in [-0.3, -0.25) is 4.79 Å². The third-order valence-corrected chi connectivity index (χ3v) is 3.65. The van der Waals surface area contributed by atoms with Gasteiger partial charge in [0.2, 0.25) is 0 Å². The van der Waals surface area contributed by atoms with E-state index in [2.05, 4.69) is 4.98 Å². The zero-order chi connectivity index (χ0) is 15.9. The van der Waals surface area contributed by atoms with Crippen LogP contribution in [-0.4, -0.2) is 18.4 Å². The van der Waals surface area contributed by atoms with Crippen molar-refractivity contribution in [2.75, 3.05) is 7.11 Å². The van der Waals surface area contributed by atoms with E-state index in [1.54, 1.807) is 18.2 Å². The molecule has 0 saturated carbocycles. The number of nitrogens with one attached hydrogen (secondary N) is 1. The molecule has 22 heavy (non-hydrogen) atoms. The smallest absolute Gasteiger partial charge is 0.152 e. The summed E-state index contributed by atoms with van der Waals surface area (Å²) in [6, 6.07) is 6.72. The molecule has 1 heterocycles. The normalized spacial score (nSPS) is 10.9. The highest BCUT2D eigenvalue weighted by molar-refractivity contribution is 6.31. The number of ether oxygens (including phenoxy) is 1. The summed E-state index contributed by atoms with van der Waals surface area (Å²) in [7, 11) is 1.47. The Hall–Kier alpha value is -2.40. The average molecular weight is 322 g/mol. The molecule has 1 aromatic heterocycles. The second-order valence-corrected chi connectivity index (χ2v) is 5.12. The van der Waals surface area contributed by atoms with Crippen molar-refractivity contribution in [2.45, 2.75) is 0 Å². The molecule has 0 unspecified atom stereocenters. The molecule has 0 aliphatic carbocycles. The van der Waals surface area contributed by atoms with Crippen LogP contribution in [0.5, 0.6) is 5.75 Å². The van der Waals surface area contributed by atoms with Gasteiger partial charge in [-0.25, -0.2) is 8.78 Å². The van der Waals surface area contributed by atoms with Crippen LogP contribution < -0.4 is 4.74 Å². The number of aromatic amines is 1. The van der Waals surface area contributed by atoms with Gasteiger partial charge in [-0.15, -0.1) is 0 Å². The lowest BCUT2D eigenvalue weighted by Gasteiger charge is -2.08. The summed E-state index contributed by atoms with van der Waals surface area (Å²) in [5.41, 5.74) is 1.02. The number of hydrogen-bond donors (Lipinski definition) is 1. The third kappa shape index (κ3) is 2.23. The molecule has 0 aliphatic heterocycles. The molecule has 0 aliphatic rings. The zero-order valence-electron chi connectivity index (χ0n) is 11.4. The highest BCUT2D eigenvalue weighted by Crippen LogP contribution is 2.37. The fourth-order valence-electron chi connectivity index (χ4n) is 2.45. The largest absolute Gasteiger partial charge is 0.496 e. The van der Waals surface area contributed by atoms with Crippen molar-refractivity contribution in [2.24, 2.45) is 0 Å².